The molecule has 33 heavy (non-hydrogen) atoms. The van der Waals surface area contributed by atoms with E-state index in [1.54, 1.807) is 31.2 Å². The molecule has 8 nitrogen and oxygen atoms in total. The summed E-state index contributed by atoms with van der Waals surface area (Å²) in [6.07, 6.45) is 3.04. The van der Waals surface area contributed by atoms with Crippen molar-refractivity contribution in [1.82, 2.24) is 0 Å². The van der Waals surface area contributed by atoms with Crippen molar-refractivity contribution >= 4 is 38.6 Å². The van der Waals surface area contributed by atoms with Gasteiger partial charge in [0.1, 0.15) is 11.9 Å². The molecule has 2 aromatic rings. The van der Waals surface area contributed by atoms with E-state index >= 15 is 0 Å². The Morgan fingerprint density at radius 3 is 2.48 bits per heavy atom. The first-order valence-corrected chi connectivity index (χ1v) is 13.2. The molecule has 1 aliphatic rings. The number of hydrogen-bond acceptors (Lipinski definition) is 6. The molecule has 0 saturated carbocycles. The number of hydrogen-bond donors (Lipinski definition) is 1. The van der Waals surface area contributed by atoms with Gasteiger partial charge in [0.25, 0.3) is 0 Å². The number of anilines is 1. The van der Waals surface area contributed by atoms with Gasteiger partial charge < -0.3 is 4.55 Å². The van der Waals surface area contributed by atoms with Gasteiger partial charge >= 0.3 is 5.82 Å². The predicted molar refractivity (Wildman–Crippen MR) is 127 cm³/mol. The van der Waals surface area contributed by atoms with Crippen LogP contribution >= 0.6 is 0 Å². The largest absolute Gasteiger partial charge is 0.750 e. The van der Waals surface area contributed by atoms with Crippen molar-refractivity contribution < 1.29 is 25.9 Å². The summed E-state index contributed by atoms with van der Waals surface area (Å²) in [5.74, 6) is 7.14. The molecule has 2 unspecified atom stereocenters. The van der Waals surface area contributed by atoms with Crippen molar-refractivity contribution in [3.8, 4) is 11.8 Å². The van der Waals surface area contributed by atoms with E-state index in [1.165, 1.54) is 0 Å². The van der Waals surface area contributed by atoms with Crippen LogP contribution in [0.25, 0.3) is 0 Å². The molecule has 10 heteroatoms. The zero-order valence-corrected chi connectivity index (χ0v) is 20.8. The summed E-state index contributed by atoms with van der Waals surface area (Å²) in [7, 11) is -3.33. The molecule has 0 amide bonds. The Labute approximate surface area is 197 Å². The van der Waals surface area contributed by atoms with E-state index in [1.807, 2.05) is 23.8 Å². The molecule has 2 heterocycles. The van der Waals surface area contributed by atoms with Crippen LogP contribution in [-0.4, -0.2) is 35.3 Å². The number of fused-ring (bicyclic) bond motifs is 1. The fourth-order valence-corrected chi connectivity index (χ4v) is 4.37. The third kappa shape index (κ3) is 6.48. The number of aromatic nitrogens is 1. The van der Waals surface area contributed by atoms with Crippen LogP contribution in [-0.2, 0) is 37.5 Å². The van der Waals surface area contributed by atoms with Gasteiger partial charge in [-0.05, 0) is 63.0 Å². The molecule has 176 valence electrons. The van der Waals surface area contributed by atoms with E-state index in [4.69, 9.17) is 9.18 Å². The van der Waals surface area contributed by atoms with Crippen LogP contribution in [0.15, 0.2) is 41.5 Å². The van der Waals surface area contributed by atoms with Gasteiger partial charge in [0.05, 0.1) is 46.8 Å². The van der Waals surface area contributed by atoms with Crippen molar-refractivity contribution in [3.05, 3.63) is 53.2 Å². The molecule has 0 spiro atoms. The van der Waals surface area contributed by atoms with Crippen molar-refractivity contribution in [3.63, 3.8) is 0 Å². The summed E-state index contributed by atoms with van der Waals surface area (Å²) in [4.78, 5) is 4.75. The molecule has 3 rings (SSSR count). The van der Waals surface area contributed by atoms with Crippen LogP contribution in [0.5, 0.6) is 0 Å². The molecule has 0 bridgehead atoms. The molecule has 0 radical (unpaired) electrons. The lowest BCUT2D eigenvalue weighted by Gasteiger charge is -2.17. The maximum Gasteiger partial charge on any atom is 0.327 e. The first-order valence-electron chi connectivity index (χ1n) is 10.3. The Bertz CT molecular complexity index is 1270. The lowest BCUT2D eigenvalue weighted by atomic mass is 9.82. The van der Waals surface area contributed by atoms with Gasteiger partial charge in [-0.15, -0.1) is 0 Å². The summed E-state index contributed by atoms with van der Waals surface area (Å²) < 4.78 is 53.5. The van der Waals surface area contributed by atoms with Crippen molar-refractivity contribution in [1.29, 1.82) is 0 Å². The van der Waals surface area contributed by atoms with Crippen LogP contribution in [0.1, 0.15) is 50.8 Å². The fourth-order valence-electron chi connectivity index (χ4n) is 3.44. The van der Waals surface area contributed by atoms with E-state index in [-0.39, 0.29) is 5.41 Å². The zero-order valence-electron chi connectivity index (χ0n) is 19.2. The second-order valence-electron chi connectivity index (χ2n) is 8.58. The predicted octanol–water partition coefficient (Wildman–Crippen LogP) is 2.72. The van der Waals surface area contributed by atoms with E-state index in [9.17, 15) is 17.2 Å². The highest BCUT2D eigenvalue weighted by Gasteiger charge is 2.41. The average Bonchev–Trinajstić information content (AvgIpc) is 2.93. The summed E-state index contributed by atoms with van der Waals surface area (Å²) in [6, 6.07) is 8.86. The second-order valence-corrected chi connectivity index (χ2v) is 10.9. The maximum atomic E-state index is 11.4. The van der Waals surface area contributed by atoms with Gasteiger partial charge in [0.15, 0.2) is 0 Å². The smallest absolute Gasteiger partial charge is 0.327 e. The Morgan fingerprint density at radius 1 is 1.24 bits per heavy atom. The topological polar surface area (TPSA) is 112 Å². The molecular formula is C23H27N3O5S2. The number of nitrogens with zero attached hydrogens (tertiary/aromatic N) is 2. The number of pyridine rings is 1. The Balaban J connectivity index is 1.90. The summed E-state index contributed by atoms with van der Waals surface area (Å²) in [5.41, 5.74) is 3.82. The normalized spacial score (nSPS) is 16.2. The minimum absolute atomic E-state index is 0.244. The first-order chi connectivity index (χ1) is 15.3. The first kappa shape index (κ1) is 25.1. The molecular weight excluding hydrogens is 462 g/mol. The maximum absolute atomic E-state index is 11.4. The highest BCUT2D eigenvalue weighted by Crippen LogP contribution is 2.38. The van der Waals surface area contributed by atoms with E-state index in [0.717, 1.165) is 34.5 Å². The molecule has 2 atom stereocenters. The third-order valence-corrected chi connectivity index (χ3v) is 6.61. The second kappa shape index (κ2) is 9.73. The number of sulfonamides is 1. The summed E-state index contributed by atoms with van der Waals surface area (Å²) >= 11 is -2.55. The molecule has 1 aromatic carbocycles. The molecule has 1 N–H and O–H groups in total. The van der Waals surface area contributed by atoms with Crippen molar-refractivity contribution in [2.45, 2.75) is 52.2 Å². The van der Waals surface area contributed by atoms with E-state index < -0.39 is 27.5 Å². The Morgan fingerprint density at radius 2 is 1.88 bits per heavy atom. The van der Waals surface area contributed by atoms with Crippen LogP contribution in [0.3, 0.4) is 0 Å². The average molecular weight is 490 g/mol. The van der Waals surface area contributed by atoms with Crippen molar-refractivity contribution in [2.75, 3.05) is 11.0 Å². The molecule has 0 saturated heterocycles. The number of nitrogens with one attached hydrogen (secondary N) is 1. The third-order valence-electron chi connectivity index (χ3n) is 5.52. The Hall–Kier alpha value is -2.58. The van der Waals surface area contributed by atoms with Crippen LogP contribution in [0.4, 0.5) is 11.5 Å². The van der Waals surface area contributed by atoms with E-state index in [2.05, 4.69) is 30.4 Å². The number of benzene rings is 1. The highest BCUT2D eigenvalue weighted by molar-refractivity contribution is 7.92. The molecule has 0 fully saturated rings. The van der Waals surface area contributed by atoms with E-state index in [0.29, 0.717) is 18.7 Å². The lowest BCUT2D eigenvalue weighted by Crippen LogP contribution is -2.37. The SMILES string of the molecule is CC1=Nc2c(cc(C#Cc3ccc(NS(C)(=O)=O)cc3)c[n+]2CCC(C)OS(=O)[O-])C1(C)C. The van der Waals surface area contributed by atoms with Gasteiger partial charge in [-0.2, -0.15) is 0 Å². The van der Waals surface area contributed by atoms with Crippen LogP contribution in [0, 0.1) is 11.8 Å². The number of rotatable bonds is 7. The van der Waals surface area contributed by atoms with Gasteiger partial charge in [0, 0.05) is 17.7 Å². The number of aryl methyl sites for hydroxylation is 1. The van der Waals surface area contributed by atoms with Gasteiger partial charge in [-0.25, -0.2) is 17.2 Å². The lowest BCUT2D eigenvalue weighted by molar-refractivity contribution is -0.685. The summed E-state index contributed by atoms with van der Waals surface area (Å²) in [6.45, 7) is 8.45. The summed E-state index contributed by atoms with van der Waals surface area (Å²) in [5, 5.41) is 0. The van der Waals surface area contributed by atoms with Gasteiger partial charge in [0.2, 0.25) is 10.0 Å². The molecule has 0 aliphatic carbocycles. The molecule has 1 aromatic heterocycles. The Kier molecular flexibility index (Phi) is 7.39. The zero-order chi connectivity index (χ0) is 24.4. The van der Waals surface area contributed by atoms with Crippen LogP contribution < -0.4 is 9.29 Å². The van der Waals surface area contributed by atoms with Gasteiger partial charge in [-0.1, -0.05) is 11.8 Å². The minimum atomic E-state index is -3.33. The standard InChI is InChI=1S/C23H27N3O5S2/c1-16(31-32(27)28)12-13-26-15-19(14-21-22(26)24-17(2)23(21,3)4)7-6-18-8-10-20(11-9-18)25-33(5,29)30/h8-11,14-16,25H,12-13H2,1-5H3. The molecule has 1 aliphatic heterocycles. The van der Waals surface area contributed by atoms with Crippen molar-refractivity contribution in [2.24, 2.45) is 4.99 Å². The minimum Gasteiger partial charge on any atom is -0.750 e. The fraction of sp³-hybridized carbons (Fsp3) is 0.391. The van der Waals surface area contributed by atoms with Gasteiger partial charge in [-0.3, -0.25) is 8.91 Å². The monoisotopic (exact) mass is 489 g/mol. The van der Waals surface area contributed by atoms with Crippen LogP contribution in [0.2, 0.25) is 0 Å². The highest BCUT2D eigenvalue weighted by atomic mass is 32.2. The number of aliphatic imine (C=N–C) groups is 1. The quantitative estimate of drug-likeness (QED) is 0.365.